The standard InChI is InChI=1S/C14H28N2O2/c1-11(2)7-8-16-14(17)10-18-13-6-4-3-5-12(13)9-15/h11-13H,3-10,15H2,1-2H3,(H,16,17). The quantitative estimate of drug-likeness (QED) is 0.728. The molecule has 0 aromatic heterocycles. The van der Waals surface area contributed by atoms with Gasteiger partial charge in [-0.25, -0.2) is 0 Å². The molecule has 0 spiro atoms. The van der Waals surface area contributed by atoms with Crippen LogP contribution in [0.25, 0.3) is 0 Å². The van der Waals surface area contributed by atoms with Crippen molar-refractivity contribution < 1.29 is 9.53 Å². The lowest BCUT2D eigenvalue weighted by Crippen LogP contribution is -2.37. The number of amides is 1. The van der Waals surface area contributed by atoms with Crippen molar-refractivity contribution in [3.8, 4) is 0 Å². The molecule has 18 heavy (non-hydrogen) atoms. The van der Waals surface area contributed by atoms with Crippen LogP contribution in [-0.2, 0) is 9.53 Å². The van der Waals surface area contributed by atoms with E-state index in [1.165, 1.54) is 12.8 Å². The average molecular weight is 256 g/mol. The predicted molar refractivity (Wildman–Crippen MR) is 73.2 cm³/mol. The molecule has 2 atom stereocenters. The molecule has 0 bridgehead atoms. The molecule has 0 radical (unpaired) electrons. The van der Waals surface area contributed by atoms with Crippen LogP contribution in [0.2, 0.25) is 0 Å². The van der Waals surface area contributed by atoms with Gasteiger partial charge >= 0.3 is 0 Å². The van der Waals surface area contributed by atoms with E-state index in [-0.39, 0.29) is 18.6 Å². The predicted octanol–water partition coefficient (Wildman–Crippen LogP) is 1.68. The largest absolute Gasteiger partial charge is 0.368 e. The summed E-state index contributed by atoms with van der Waals surface area (Å²) < 4.78 is 5.71. The maximum Gasteiger partial charge on any atom is 0.246 e. The van der Waals surface area contributed by atoms with E-state index in [4.69, 9.17) is 10.5 Å². The smallest absolute Gasteiger partial charge is 0.246 e. The second-order valence-corrected chi connectivity index (χ2v) is 5.66. The normalized spacial score (nSPS) is 24.2. The molecule has 3 N–H and O–H groups in total. The van der Waals surface area contributed by atoms with Crippen molar-refractivity contribution in [2.24, 2.45) is 17.6 Å². The molecule has 0 aromatic carbocycles. The lowest BCUT2D eigenvalue weighted by Gasteiger charge is -2.30. The van der Waals surface area contributed by atoms with E-state index in [0.29, 0.717) is 18.4 Å². The average Bonchev–Trinajstić information content (AvgIpc) is 2.36. The van der Waals surface area contributed by atoms with Crippen LogP contribution in [-0.4, -0.2) is 31.7 Å². The van der Waals surface area contributed by atoms with Gasteiger partial charge in [0.1, 0.15) is 6.61 Å². The highest BCUT2D eigenvalue weighted by atomic mass is 16.5. The highest BCUT2D eigenvalue weighted by molar-refractivity contribution is 5.77. The molecule has 0 heterocycles. The van der Waals surface area contributed by atoms with Gasteiger partial charge in [0.2, 0.25) is 5.91 Å². The molecule has 1 rings (SSSR count). The molecule has 1 saturated carbocycles. The Balaban J connectivity index is 2.16. The number of rotatable bonds is 7. The summed E-state index contributed by atoms with van der Waals surface area (Å²) in [5.41, 5.74) is 5.73. The number of carbonyl (C=O) groups excluding carboxylic acids is 1. The van der Waals surface area contributed by atoms with Crippen molar-refractivity contribution in [1.82, 2.24) is 5.32 Å². The van der Waals surface area contributed by atoms with E-state index in [1.54, 1.807) is 0 Å². The molecule has 1 aliphatic rings. The minimum Gasteiger partial charge on any atom is -0.368 e. The molecule has 4 nitrogen and oxygen atoms in total. The Morgan fingerprint density at radius 2 is 2.11 bits per heavy atom. The minimum atomic E-state index is -0.00278. The topological polar surface area (TPSA) is 64.3 Å². The van der Waals surface area contributed by atoms with Gasteiger partial charge in [-0.05, 0) is 37.6 Å². The fourth-order valence-electron chi connectivity index (χ4n) is 2.40. The van der Waals surface area contributed by atoms with Gasteiger partial charge in [0.05, 0.1) is 6.10 Å². The highest BCUT2D eigenvalue weighted by Gasteiger charge is 2.25. The van der Waals surface area contributed by atoms with Gasteiger partial charge < -0.3 is 15.8 Å². The van der Waals surface area contributed by atoms with Crippen molar-refractivity contribution in [2.75, 3.05) is 19.7 Å². The van der Waals surface area contributed by atoms with Crippen LogP contribution in [0.5, 0.6) is 0 Å². The zero-order chi connectivity index (χ0) is 13.4. The zero-order valence-electron chi connectivity index (χ0n) is 11.8. The first kappa shape index (κ1) is 15.4. The molecule has 1 amide bonds. The van der Waals surface area contributed by atoms with Crippen LogP contribution in [0.4, 0.5) is 0 Å². The van der Waals surface area contributed by atoms with Crippen molar-refractivity contribution in [2.45, 2.75) is 52.1 Å². The Kier molecular flexibility index (Phi) is 7.28. The SMILES string of the molecule is CC(C)CCNC(=O)COC1CCCCC1CN. The van der Waals surface area contributed by atoms with E-state index in [0.717, 1.165) is 25.8 Å². The van der Waals surface area contributed by atoms with Crippen LogP contribution in [0.3, 0.4) is 0 Å². The summed E-state index contributed by atoms with van der Waals surface area (Å²) in [5, 5.41) is 2.89. The summed E-state index contributed by atoms with van der Waals surface area (Å²) in [6.45, 7) is 5.89. The van der Waals surface area contributed by atoms with Gasteiger partial charge in [-0.3, -0.25) is 4.79 Å². The molecule has 4 heteroatoms. The van der Waals surface area contributed by atoms with E-state index in [2.05, 4.69) is 19.2 Å². The number of carbonyl (C=O) groups is 1. The zero-order valence-corrected chi connectivity index (χ0v) is 11.8. The van der Waals surface area contributed by atoms with Crippen LogP contribution < -0.4 is 11.1 Å². The van der Waals surface area contributed by atoms with E-state index < -0.39 is 0 Å². The molecule has 0 aromatic rings. The van der Waals surface area contributed by atoms with Crippen LogP contribution in [0, 0.1) is 11.8 Å². The maximum atomic E-state index is 11.6. The van der Waals surface area contributed by atoms with E-state index in [1.807, 2.05) is 0 Å². The number of nitrogens with two attached hydrogens (primary N) is 1. The molecular weight excluding hydrogens is 228 g/mol. The number of ether oxygens (including phenoxy) is 1. The fraction of sp³-hybridized carbons (Fsp3) is 0.929. The number of hydrogen-bond acceptors (Lipinski definition) is 3. The Hall–Kier alpha value is -0.610. The third-order valence-corrected chi connectivity index (χ3v) is 3.61. The summed E-state index contributed by atoms with van der Waals surface area (Å²) in [6, 6.07) is 0. The number of nitrogens with one attached hydrogen (secondary N) is 1. The molecule has 1 fully saturated rings. The molecule has 0 aliphatic heterocycles. The van der Waals surface area contributed by atoms with Crippen molar-refractivity contribution in [1.29, 1.82) is 0 Å². The second-order valence-electron chi connectivity index (χ2n) is 5.66. The maximum absolute atomic E-state index is 11.6. The van der Waals surface area contributed by atoms with Gasteiger partial charge in [0.15, 0.2) is 0 Å². The van der Waals surface area contributed by atoms with Gasteiger partial charge in [0, 0.05) is 6.54 Å². The van der Waals surface area contributed by atoms with Gasteiger partial charge in [-0.2, -0.15) is 0 Å². The number of hydrogen-bond donors (Lipinski definition) is 2. The van der Waals surface area contributed by atoms with Crippen LogP contribution in [0.15, 0.2) is 0 Å². The first-order valence-electron chi connectivity index (χ1n) is 7.21. The van der Waals surface area contributed by atoms with E-state index in [9.17, 15) is 4.79 Å². The molecule has 2 unspecified atom stereocenters. The van der Waals surface area contributed by atoms with Gasteiger partial charge in [-0.1, -0.05) is 26.7 Å². The first-order chi connectivity index (χ1) is 8.63. The van der Waals surface area contributed by atoms with E-state index >= 15 is 0 Å². The monoisotopic (exact) mass is 256 g/mol. The van der Waals surface area contributed by atoms with Crippen LogP contribution in [0.1, 0.15) is 46.0 Å². The summed E-state index contributed by atoms with van der Waals surface area (Å²) in [6.07, 6.45) is 5.80. The highest BCUT2D eigenvalue weighted by Crippen LogP contribution is 2.25. The summed E-state index contributed by atoms with van der Waals surface area (Å²) in [5.74, 6) is 1.05. The van der Waals surface area contributed by atoms with Crippen molar-refractivity contribution in [3.63, 3.8) is 0 Å². The summed E-state index contributed by atoms with van der Waals surface area (Å²) in [7, 11) is 0. The Labute approximate surface area is 111 Å². The Morgan fingerprint density at radius 1 is 1.39 bits per heavy atom. The fourth-order valence-corrected chi connectivity index (χ4v) is 2.40. The summed E-state index contributed by atoms with van der Waals surface area (Å²) in [4.78, 5) is 11.6. The van der Waals surface area contributed by atoms with Crippen molar-refractivity contribution in [3.05, 3.63) is 0 Å². The lowest BCUT2D eigenvalue weighted by molar-refractivity contribution is -0.129. The Bertz CT molecular complexity index is 244. The molecule has 1 aliphatic carbocycles. The first-order valence-corrected chi connectivity index (χ1v) is 7.21. The molecular formula is C14H28N2O2. The third kappa shape index (κ3) is 5.83. The van der Waals surface area contributed by atoms with Gasteiger partial charge in [-0.15, -0.1) is 0 Å². The van der Waals surface area contributed by atoms with Crippen LogP contribution >= 0.6 is 0 Å². The van der Waals surface area contributed by atoms with Gasteiger partial charge in [0.25, 0.3) is 0 Å². The minimum absolute atomic E-state index is 0.00278. The second kappa shape index (κ2) is 8.48. The summed E-state index contributed by atoms with van der Waals surface area (Å²) >= 11 is 0. The molecule has 0 saturated heterocycles. The Morgan fingerprint density at radius 3 is 2.78 bits per heavy atom. The lowest BCUT2D eigenvalue weighted by atomic mass is 9.86. The van der Waals surface area contributed by atoms with Crippen molar-refractivity contribution >= 4 is 5.91 Å². The third-order valence-electron chi connectivity index (χ3n) is 3.61. The molecule has 106 valence electrons.